The number of carbonyl (C=O) groups is 1. The number of carboxylic acid groups (broad SMARTS) is 1. The molecule has 0 heterocycles. The zero-order valence-electron chi connectivity index (χ0n) is 6.22. The molecule has 2 rings (SSSR count). The van der Waals surface area contributed by atoms with Crippen LogP contribution in [0.5, 0.6) is 0 Å². The zero-order chi connectivity index (χ0) is 8.06. The monoisotopic (exact) mass is 158 g/mol. The van der Waals surface area contributed by atoms with Crippen LogP contribution in [0.3, 0.4) is 0 Å². The summed E-state index contributed by atoms with van der Waals surface area (Å²) in [6.45, 7) is 0. The molecule has 3 atom stereocenters. The Bertz CT molecular complexity index is 204. The molecular formula is C8H11FO2. The van der Waals surface area contributed by atoms with E-state index in [1.807, 2.05) is 0 Å². The number of hydrogen-bond donors (Lipinski definition) is 1. The van der Waals surface area contributed by atoms with E-state index in [9.17, 15) is 9.18 Å². The van der Waals surface area contributed by atoms with Crippen molar-refractivity contribution in [2.75, 3.05) is 0 Å². The molecule has 0 saturated heterocycles. The number of aliphatic carboxylic acids is 1. The summed E-state index contributed by atoms with van der Waals surface area (Å²) in [5, 5.41) is 8.62. The van der Waals surface area contributed by atoms with Gasteiger partial charge in [0, 0.05) is 5.92 Å². The van der Waals surface area contributed by atoms with Gasteiger partial charge in [0.1, 0.15) is 0 Å². The fourth-order valence-electron chi connectivity index (χ4n) is 2.52. The predicted octanol–water partition coefficient (Wildman–Crippen LogP) is 1.60. The summed E-state index contributed by atoms with van der Waals surface area (Å²) < 4.78 is 13.5. The Morgan fingerprint density at radius 3 is 2.55 bits per heavy atom. The molecule has 11 heavy (non-hydrogen) atoms. The molecule has 0 aromatic heterocycles. The largest absolute Gasteiger partial charge is 0.479 e. The second-order valence-electron chi connectivity index (χ2n) is 3.75. The normalized spacial score (nSPS) is 48.1. The van der Waals surface area contributed by atoms with Crippen LogP contribution in [0.15, 0.2) is 0 Å². The number of rotatable bonds is 1. The van der Waals surface area contributed by atoms with Crippen molar-refractivity contribution in [2.24, 2.45) is 11.8 Å². The van der Waals surface area contributed by atoms with Crippen molar-refractivity contribution in [3.63, 3.8) is 0 Å². The molecule has 0 aromatic rings. The van der Waals surface area contributed by atoms with Gasteiger partial charge >= 0.3 is 5.97 Å². The average Bonchev–Trinajstić information content (AvgIpc) is 2.45. The summed E-state index contributed by atoms with van der Waals surface area (Å²) >= 11 is 0. The minimum atomic E-state index is -1.87. The molecule has 2 nitrogen and oxygen atoms in total. The molecule has 0 amide bonds. The van der Waals surface area contributed by atoms with E-state index >= 15 is 0 Å². The van der Waals surface area contributed by atoms with Crippen molar-refractivity contribution >= 4 is 5.97 Å². The third kappa shape index (κ3) is 0.798. The van der Waals surface area contributed by atoms with Gasteiger partial charge in [0.2, 0.25) is 5.67 Å². The molecule has 1 N–H and O–H groups in total. The summed E-state index contributed by atoms with van der Waals surface area (Å²) in [5.41, 5.74) is -1.87. The number of halogens is 1. The Hall–Kier alpha value is -0.600. The molecule has 2 saturated carbocycles. The Morgan fingerprint density at radius 1 is 1.55 bits per heavy atom. The molecule has 2 fully saturated rings. The van der Waals surface area contributed by atoms with Crippen LogP contribution in [0.25, 0.3) is 0 Å². The first-order chi connectivity index (χ1) is 5.13. The number of alkyl halides is 1. The van der Waals surface area contributed by atoms with Crippen LogP contribution in [-0.4, -0.2) is 16.7 Å². The molecule has 2 bridgehead atoms. The van der Waals surface area contributed by atoms with Crippen molar-refractivity contribution in [3.8, 4) is 0 Å². The average molecular weight is 158 g/mol. The highest BCUT2D eigenvalue weighted by atomic mass is 19.1. The molecule has 0 radical (unpaired) electrons. The molecule has 2 aliphatic rings. The summed E-state index contributed by atoms with van der Waals surface area (Å²) in [5.74, 6) is -1.09. The van der Waals surface area contributed by atoms with E-state index < -0.39 is 11.6 Å². The van der Waals surface area contributed by atoms with Crippen LogP contribution in [0.2, 0.25) is 0 Å². The molecule has 2 aliphatic carbocycles. The summed E-state index contributed by atoms with van der Waals surface area (Å²) in [4.78, 5) is 10.5. The third-order valence-electron chi connectivity index (χ3n) is 3.13. The van der Waals surface area contributed by atoms with Gasteiger partial charge in [-0.25, -0.2) is 9.18 Å². The summed E-state index contributed by atoms with van der Waals surface area (Å²) in [7, 11) is 0. The lowest BCUT2D eigenvalue weighted by molar-refractivity contribution is -0.154. The smallest absolute Gasteiger partial charge is 0.341 e. The fraction of sp³-hybridized carbons (Fsp3) is 0.875. The first kappa shape index (κ1) is 7.07. The van der Waals surface area contributed by atoms with Crippen LogP contribution in [0.1, 0.15) is 25.7 Å². The maximum Gasteiger partial charge on any atom is 0.341 e. The Labute approximate surface area is 64.4 Å². The van der Waals surface area contributed by atoms with Gasteiger partial charge in [-0.1, -0.05) is 0 Å². The second kappa shape index (κ2) is 1.96. The lowest BCUT2D eigenvalue weighted by atomic mass is 9.86. The topological polar surface area (TPSA) is 37.3 Å². The maximum atomic E-state index is 13.5. The molecule has 0 aliphatic heterocycles. The van der Waals surface area contributed by atoms with E-state index in [1.54, 1.807) is 0 Å². The predicted molar refractivity (Wildman–Crippen MR) is 36.9 cm³/mol. The third-order valence-corrected chi connectivity index (χ3v) is 3.13. The number of carboxylic acids is 1. The number of hydrogen-bond acceptors (Lipinski definition) is 1. The quantitative estimate of drug-likeness (QED) is 0.629. The van der Waals surface area contributed by atoms with Gasteiger partial charge in [-0.15, -0.1) is 0 Å². The highest BCUT2D eigenvalue weighted by Crippen LogP contribution is 2.52. The Kier molecular flexibility index (Phi) is 1.26. The van der Waals surface area contributed by atoms with Crippen molar-refractivity contribution in [2.45, 2.75) is 31.4 Å². The second-order valence-corrected chi connectivity index (χ2v) is 3.75. The van der Waals surface area contributed by atoms with Gasteiger partial charge in [0.25, 0.3) is 0 Å². The van der Waals surface area contributed by atoms with E-state index in [4.69, 9.17) is 5.11 Å². The first-order valence-electron chi connectivity index (χ1n) is 4.05. The maximum absolute atomic E-state index is 13.5. The molecular weight excluding hydrogens is 147 g/mol. The van der Waals surface area contributed by atoms with E-state index in [2.05, 4.69) is 0 Å². The van der Waals surface area contributed by atoms with E-state index in [0.717, 1.165) is 19.3 Å². The van der Waals surface area contributed by atoms with E-state index in [-0.39, 0.29) is 12.3 Å². The van der Waals surface area contributed by atoms with E-state index in [0.29, 0.717) is 5.92 Å². The van der Waals surface area contributed by atoms with Crippen molar-refractivity contribution in [1.29, 1.82) is 0 Å². The summed E-state index contributed by atoms with van der Waals surface area (Å²) in [6.07, 6.45) is 2.85. The van der Waals surface area contributed by atoms with Crippen LogP contribution in [0, 0.1) is 11.8 Å². The minimum absolute atomic E-state index is 0.190. The van der Waals surface area contributed by atoms with Gasteiger partial charge in [-0.05, 0) is 31.6 Å². The van der Waals surface area contributed by atoms with Crippen LogP contribution < -0.4 is 0 Å². The van der Waals surface area contributed by atoms with Crippen LogP contribution in [0.4, 0.5) is 4.39 Å². The minimum Gasteiger partial charge on any atom is -0.479 e. The highest BCUT2D eigenvalue weighted by molar-refractivity contribution is 5.78. The Morgan fingerprint density at radius 2 is 2.27 bits per heavy atom. The van der Waals surface area contributed by atoms with Gasteiger partial charge in [0.15, 0.2) is 0 Å². The van der Waals surface area contributed by atoms with Crippen molar-refractivity contribution in [1.82, 2.24) is 0 Å². The van der Waals surface area contributed by atoms with Crippen molar-refractivity contribution in [3.05, 3.63) is 0 Å². The zero-order valence-corrected chi connectivity index (χ0v) is 6.22. The van der Waals surface area contributed by atoms with Gasteiger partial charge in [-0.2, -0.15) is 0 Å². The van der Waals surface area contributed by atoms with Crippen LogP contribution in [-0.2, 0) is 4.79 Å². The van der Waals surface area contributed by atoms with Gasteiger partial charge in [-0.3, -0.25) is 0 Å². The van der Waals surface area contributed by atoms with Crippen molar-refractivity contribution < 1.29 is 14.3 Å². The number of fused-ring (bicyclic) bond motifs is 2. The molecule has 62 valence electrons. The molecule has 3 unspecified atom stereocenters. The molecule has 0 aromatic carbocycles. The SMILES string of the molecule is O=C(O)C1(F)CC2CCC1C2. The van der Waals surface area contributed by atoms with Crippen LogP contribution >= 0.6 is 0 Å². The molecule has 0 spiro atoms. The standard InChI is InChI=1S/C8H11FO2/c9-8(7(10)11)4-5-1-2-6(8)3-5/h5-6H,1-4H2,(H,10,11). The van der Waals surface area contributed by atoms with Gasteiger partial charge < -0.3 is 5.11 Å². The molecule has 3 heteroatoms. The summed E-state index contributed by atoms with van der Waals surface area (Å²) in [6, 6.07) is 0. The first-order valence-corrected chi connectivity index (χ1v) is 4.05. The highest BCUT2D eigenvalue weighted by Gasteiger charge is 2.56. The van der Waals surface area contributed by atoms with E-state index in [1.165, 1.54) is 0 Å². The lowest BCUT2D eigenvalue weighted by Gasteiger charge is -2.24. The fourth-order valence-corrected chi connectivity index (χ4v) is 2.52. The Balaban J connectivity index is 2.23. The van der Waals surface area contributed by atoms with Gasteiger partial charge in [0.05, 0.1) is 0 Å². The lowest BCUT2D eigenvalue weighted by Crippen LogP contribution is -2.38.